The van der Waals surface area contributed by atoms with E-state index in [9.17, 15) is 0 Å². The molecule has 1 heterocycles. The van der Waals surface area contributed by atoms with Crippen LogP contribution in [0.5, 0.6) is 0 Å². The summed E-state index contributed by atoms with van der Waals surface area (Å²) in [5.74, 6) is 0. The number of ether oxygens (including phenoxy) is 2. The topological polar surface area (TPSA) is 18.5 Å². The summed E-state index contributed by atoms with van der Waals surface area (Å²) >= 11 is 7.06. The van der Waals surface area contributed by atoms with Crippen molar-refractivity contribution in [2.45, 2.75) is 18.6 Å². The molecule has 2 unspecified atom stereocenters. The number of hydrogen-bond donors (Lipinski definition) is 0. The first kappa shape index (κ1) is 12.6. The molecule has 0 radical (unpaired) electrons. The van der Waals surface area contributed by atoms with Crippen molar-refractivity contribution in [1.29, 1.82) is 0 Å². The molecule has 1 aromatic rings. The molecule has 1 fully saturated rings. The van der Waals surface area contributed by atoms with Gasteiger partial charge >= 0.3 is 0 Å². The molecule has 2 nitrogen and oxygen atoms in total. The monoisotopic (exact) mass is 348 g/mol. The third-order valence-corrected chi connectivity index (χ3v) is 3.95. The molecule has 1 aliphatic rings. The summed E-state index contributed by atoms with van der Waals surface area (Å²) in [6.07, 6.45) is 1.31. The Bertz CT molecular complexity index is 338. The van der Waals surface area contributed by atoms with Gasteiger partial charge in [-0.3, -0.25) is 0 Å². The van der Waals surface area contributed by atoms with Gasteiger partial charge in [0.15, 0.2) is 0 Å². The number of hydrogen-bond acceptors (Lipinski definition) is 2. The van der Waals surface area contributed by atoms with Crippen LogP contribution in [0.2, 0.25) is 0 Å². The number of alkyl halides is 1. The van der Waals surface area contributed by atoms with Crippen molar-refractivity contribution >= 4 is 31.9 Å². The molecule has 1 saturated heterocycles. The summed E-state index contributed by atoms with van der Waals surface area (Å²) in [5.41, 5.74) is 1.19. The Morgan fingerprint density at radius 3 is 2.88 bits per heavy atom. The van der Waals surface area contributed by atoms with Gasteiger partial charge in [-0.1, -0.05) is 50.1 Å². The van der Waals surface area contributed by atoms with Crippen molar-refractivity contribution in [1.82, 2.24) is 0 Å². The lowest BCUT2D eigenvalue weighted by molar-refractivity contribution is -0.00497. The van der Waals surface area contributed by atoms with E-state index in [1.165, 1.54) is 5.56 Å². The highest BCUT2D eigenvalue weighted by atomic mass is 79.9. The summed E-state index contributed by atoms with van der Waals surface area (Å²) in [5, 5.41) is 0.798. The van der Waals surface area contributed by atoms with Crippen LogP contribution < -0.4 is 0 Å². The second-order valence-electron chi connectivity index (χ2n) is 3.79. The summed E-state index contributed by atoms with van der Waals surface area (Å²) in [6, 6.07) is 8.17. The van der Waals surface area contributed by atoms with Crippen LogP contribution in [0.25, 0.3) is 0 Å². The quantitative estimate of drug-likeness (QED) is 0.772. The van der Waals surface area contributed by atoms with Gasteiger partial charge in [0, 0.05) is 16.4 Å². The fraction of sp³-hybridized carbons (Fsp3) is 0.500. The van der Waals surface area contributed by atoms with E-state index in [0.717, 1.165) is 22.8 Å². The van der Waals surface area contributed by atoms with Crippen LogP contribution in [0.1, 0.15) is 18.1 Å². The lowest BCUT2D eigenvalue weighted by Crippen LogP contribution is -2.18. The number of benzene rings is 1. The Hall–Kier alpha value is 0.100. The van der Waals surface area contributed by atoms with E-state index in [0.29, 0.717) is 6.61 Å². The first-order valence-corrected chi connectivity index (χ1v) is 7.26. The molecule has 0 aromatic heterocycles. The Kier molecular flexibility index (Phi) is 4.82. The molecule has 2 atom stereocenters. The van der Waals surface area contributed by atoms with Crippen LogP contribution in [0, 0.1) is 0 Å². The highest BCUT2D eigenvalue weighted by Gasteiger charge is 2.22. The Morgan fingerprint density at radius 1 is 1.44 bits per heavy atom. The molecule has 16 heavy (non-hydrogen) atoms. The highest BCUT2D eigenvalue weighted by Crippen LogP contribution is 2.29. The maximum Gasteiger partial charge on any atom is 0.0937 e. The molecule has 88 valence electrons. The molecule has 2 rings (SSSR count). The van der Waals surface area contributed by atoms with Crippen LogP contribution in [0.15, 0.2) is 28.7 Å². The average molecular weight is 350 g/mol. The smallest absolute Gasteiger partial charge is 0.0937 e. The lowest BCUT2D eigenvalue weighted by atomic mass is 10.1. The zero-order valence-corrected chi connectivity index (χ0v) is 12.0. The van der Waals surface area contributed by atoms with E-state index >= 15 is 0 Å². The van der Waals surface area contributed by atoms with Crippen molar-refractivity contribution in [3.05, 3.63) is 34.3 Å². The van der Waals surface area contributed by atoms with Gasteiger partial charge in [-0.2, -0.15) is 0 Å². The van der Waals surface area contributed by atoms with E-state index in [-0.39, 0.29) is 12.2 Å². The molecule has 1 aliphatic heterocycles. The predicted molar refractivity (Wildman–Crippen MR) is 71.0 cm³/mol. The molecule has 0 bridgehead atoms. The first-order chi connectivity index (χ1) is 7.81. The molecule has 0 saturated carbocycles. The molecule has 0 spiro atoms. The van der Waals surface area contributed by atoms with Gasteiger partial charge in [-0.05, 0) is 18.1 Å². The van der Waals surface area contributed by atoms with Crippen LogP contribution in [-0.4, -0.2) is 24.6 Å². The third-order valence-electron chi connectivity index (χ3n) is 2.64. The zero-order chi connectivity index (χ0) is 11.4. The second kappa shape index (κ2) is 6.15. The Morgan fingerprint density at radius 2 is 2.25 bits per heavy atom. The van der Waals surface area contributed by atoms with Gasteiger partial charge in [0.25, 0.3) is 0 Å². The summed E-state index contributed by atoms with van der Waals surface area (Å²) < 4.78 is 12.4. The maximum atomic E-state index is 6.03. The molecule has 4 heteroatoms. The normalized spacial score (nSPS) is 22.2. The van der Waals surface area contributed by atoms with Gasteiger partial charge in [-0.15, -0.1) is 0 Å². The van der Waals surface area contributed by atoms with Gasteiger partial charge in [0.2, 0.25) is 0 Å². The minimum atomic E-state index is 0.0854. The molecule has 0 N–H and O–H groups in total. The third kappa shape index (κ3) is 3.06. The molecule has 1 aromatic carbocycles. The zero-order valence-electron chi connectivity index (χ0n) is 8.86. The summed E-state index contributed by atoms with van der Waals surface area (Å²) in [7, 11) is 0. The maximum absolute atomic E-state index is 6.03. The van der Waals surface area contributed by atoms with Crippen molar-refractivity contribution in [3.8, 4) is 0 Å². The van der Waals surface area contributed by atoms with Gasteiger partial charge in [0.1, 0.15) is 0 Å². The Balaban J connectivity index is 2.06. The van der Waals surface area contributed by atoms with E-state index < -0.39 is 0 Å². The Labute approximate surface area is 113 Å². The molecule has 0 amide bonds. The summed E-state index contributed by atoms with van der Waals surface area (Å²) in [4.78, 5) is 0. The number of halogens is 2. The standard InChI is InChI=1S/C12H14Br2O2/c13-7-12(16-9-5-6-15-8-9)10-3-1-2-4-11(10)14/h1-4,9,12H,5-8H2. The number of rotatable bonds is 4. The SMILES string of the molecule is BrCC(OC1CCOC1)c1ccccc1Br. The van der Waals surface area contributed by atoms with Crippen molar-refractivity contribution in [2.75, 3.05) is 18.5 Å². The van der Waals surface area contributed by atoms with Crippen LogP contribution in [0.4, 0.5) is 0 Å². The predicted octanol–water partition coefficient (Wildman–Crippen LogP) is 3.69. The van der Waals surface area contributed by atoms with E-state index in [4.69, 9.17) is 9.47 Å². The molecular formula is C12H14Br2O2. The van der Waals surface area contributed by atoms with Crippen LogP contribution in [-0.2, 0) is 9.47 Å². The summed E-state index contributed by atoms with van der Waals surface area (Å²) in [6.45, 7) is 1.53. The van der Waals surface area contributed by atoms with Gasteiger partial charge < -0.3 is 9.47 Å². The fourth-order valence-corrected chi connectivity index (χ4v) is 2.82. The minimum absolute atomic E-state index is 0.0854. The van der Waals surface area contributed by atoms with Gasteiger partial charge in [-0.25, -0.2) is 0 Å². The van der Waals surface area contributed by atoms with E-state index in [2.05, 4.69) is 37.9 Å². The van der Waals surface area contributed by atoms with Gasteiger partial charge in [0.05, 0.1) is 18.8 Å². The largest absolute Gasteiger partial charge is 0.379 e. The van der Waals surface area contributed by atoms with E-state index in [1.54, 1.807) is 0 Å². The molecule has 0 aliphatic carbocycles. The first-order valence-electron chi connectivity index (χ1n) is 5.35. The highest BCUT2D eigenvalue weighted by molar-refractivity contribution is 9.10. The average Bonchev–Trinajstić information content (AvgIpc) is 2.80. The molecular weight excluding hydrogens is 336 g/mol. The minimum Gasteiger partial charge on any atom is -0.379 e. The van der Waals surface area contributed by atoms with E-state index in [1.807, 2.05) is 18.2 Å². The fourth-order valence-electron chi connectivity index (χ4n) is 1.78. The van der Waals surface area contributed by atoms with Crippen molar-refractivity contribution in [3.63, 3.8) is 0 Å². The van der Waals surface area contributed by atoms with Crippen LogP contribution >= 0.6 is 31.9 Å². The van der Waals surface area contributed by atoms with Crippen molar-refractivity contribution < 1.29 is 9.47 Å². The lowest BCUT2D eigenvalue weighted by Gasteiger charge is -2.20. The second-order valence-corrected chi connectivity index (χ2v) is 5.29. The van der Waals surface area contributed by atoms with Crippen molar-refractivity contribution in [2.24, 2.45) is 0 Å². The van der Waals surface area contributed by atoms with Crippen LogP contribution in [0.3, 0.4) is 0 Å².